The Morgan fingerprint density at radius 1 is 0.838 bits per heavy atom. The Labute approximate surface area is 217 Å². The van der Waals surface area contributed by atoms with Crippen LogP contribution in [0.5, 0.6) is 0 Å². The number of piperidine rings is 1. The van der Waals surface area contributed by atoms with Gasteiger partial charge in [-0.3, -0.25) is 9.59 Å². The van der Waals surface area contributed by atoms with Crippen LogP contribution in [0.25, 0.3) is 21.8 Å². The first-order valence-corrected chi connectivity index (χ1v) is 13.9. The van der Waals surface area contributed by atoms with Crippen LogP contribution in [-0.4, -0.2) is 57.3 Å². The number of H-pyrrole nitrogens is 2. The van der Waals surface area contributed by atoms with Crippen molar-refractivity contribution >= 4 is 33.6 Å². The third kappa shape index (κ3) is 3.60. The third-order valence-electron chi connectivity index (χ3n) is 9.41. The first kappa shape index (κ1) is 22.6. The minimum atomic E-state index is -0.197. The van der Waals surface area contributed by atoms with Crippen LogP contribution in [0, 0.1) is 5.92 Å². The molecular weight excluding hydrogens is 460 g/mol. The number of aromatic nitrogens is 2. The summed E-state index contributed by atoms with van der Waals surface area (Å²) in [4.78, 5) is 37.5. The van der Waals surface area contributed by atoms with Crippen molar-refractivity contribution < 1.29 is 9.59 Å². The molecule has 0 radical (unpaired) electrons. The highest BCUT2D eigenvalue weighted by Crippen LogP contribution is 2.47. The number of benzene rings is 2. The number of nitrogens with one attached hydrogen (secondary N) is 2. The van der Waals surface area contributed by atoms with Gasteiger partial charge in [-0.25, -0.2) is 0 Å². The lowest BCUT2D eigenvalue weighted by Crippen LogP contribution is -2.48. The number of nitrogens with zero attached hydrogens (tertiary/aromatic N) is 2. The first-order valence-electron chi connectivity index (χ1n) is 13.9. The van der Waals surface area contributed by atoms with E-state index in [1.165, 1.54) is 34.7 Å². The molecule has 3 fully saturated rings. The van der Waals surface area contributed by atoms with Crippen molar-refractivity contribution in [1.82, 2.24) is 19.8 Å². The summed E-state index contributed by atoms with van der Waals surface area (Å²) in [7, 11) is 0. The van der Waals surface area contributed by atoms with E-state index in [0.717, 1.165) is 36.7 Å². The van der Waals surface area contributed by atoms with Crippen LogP contribution < -0.4 is 0 Å². The number of fused-ring (bicyclic) bond motifs is 2. The van der Waals surface area contributed by atoms with E-state index in [1.807, 2.05) is 9.80 Å². The molecule has 3 aliphatic rings. The van der Waals surface area contributed by atoms with Crippen LogP contribution >= 0.6 is 0 Å². The summed E-state index contributed by atoms with van der Waals surface area (Å²) in [6.07, 6.45) is 11.0. The van der Waals surface area contributed by atoms with Gasteiger partial charge in [-0.15, -0.1) is 0 Å². The molecule has 1 unspecified atom stereocenters. The second kappa shape index (κ2) is 8.79. The minimum Gasteiger partial charge on any atom is -0.361 e. The molecule has 6 nitrogen and oxygen atoms in total. The van der Waals surface area contributed by atoms with Crippen molar-refractivity contribution in [1.29, 1.82) is 0 Å². The van der Waals surface area contributed by atoms with Crippen LogP contribution in [0.1, 0.15) is 56.1 Å². The van der Waals surface area contributed by atoms with Crippen molar-refractivity contribution in [2.24, 2.45) is 5.92 Å². The number of hydrogen-bond donors (Lipinski definition) is 2. The van der Waals surface area contributed by atoms with Crippen LogP contribution in [-0.2, 0) is 15.0 Å². The van der Waals surface area contributed by atoms with Gasteiger partial charge in [0.25, 0.3) is 0 Å². The number of carbonyl (C=O) groups excluding carboxylic acids is 2. The largest absolute Gasteiger partial charge is 0.361 e. The van der Waals surface area contributed by atoms with E-state index >= 15 is 0 Å². The molecule has 2 aromatic carbocycles. The number of carbonyl (C=O) groups is 2. The van der Waals surface area contributed by atoms with Gasteiger partial charge < -0.3 is 19.8 Å². The molecule has 2 N–H and O–H groups in total. The van der Waals surface area contributed by atoms with Crippen molar-refractivity contribution in [2.45, 2.75) is 56.4 Å². The highest BCUT2D eigenvalue weighted by molar-refractivity contribution is 5.91. The first-order chi connectivity index (χ1) is 18.1. The zero-order valence-corrected chi connectivity index (χ0v) is 21.2. The average Bonchev–Trinajstić information content (AvgIpc) is 3.74. The zero-order chi connectivity index (χ0) is 25.0. The maximum Gasteiger partial charge on any atom is 0.227 e. The summed E-state index contributed by atoms with van der Waals surface area (Å²) in [5.74, 6) is 0.149. The highest BCUT2D eigenvalue weighted by Gasteiger charge is 2.45. The van der Waals surface area contributed by atoms with Gasteiger partial charge in [0.2, 0.25) is 11.8 Å². The summed E-state index contributed by atoms with van der Waals surface area (Å²) >= 11 is 0. The lowest BCUT2D eigenvalue weighted by atomic mass is 9.67. The van der Waals surface area contributed by atoms with Gasteiger partial charge in [-0.05, 0) is 48.9 Å². The Hall–Kier alpha value is -3.54. The molecule has 2 saturated heterocycles. The number of amides is 2. The summed E-state index contributed by atoms with van der Waals surface area (Å²) in [6.45, 7) is 2.01. The molecule has 4 aromatic rings. The van der Waals surface area contributed by atoms with Crippen molar-refractivity contribution in [3.8, 4) is 0 Å². The molecule has 0 bridgehead atoms. The van der Waals surface area contributed by atoms with Crippen molar-refractivity contribution in [3.05, 3.63) is 72.1 Å². The quantitative estimate of drug-likeness (QED) is 0.402. The topological polar surface area (TPSA) is 72.2 Å². The van der Waals surface area contributed by atoms with Crippen molar-refractivity contribution in [3.63, 3.8) is 0 Å². The Kier molecular flexibility index (Phi) is 5.38. The third-order valence-corrected chi connectivity index (χ3v) is 9.41. The molecule has 1 atom stereocenters. The fourth-order valence-corrected chi connectivity index (χ4v) is 7.45. The van der Waals surface area contributed by atoms with E-state index in [9.17, 15) is 9.59 Å². The number of para-hydroxylation sites is 2. The molecule has 4 heterocycles. The van der Waals surface area contributed by atoms with Gasteiger partial charge in [0.05, 0.1) is 5.92 Å². The molecule has 6 heteroatoms. The fourth-order valence-electron chi connectivity index (χ4n) is 7.45. The smallest absolute Gasteiger partial charge is 0.227 e. The molecule has 1 saturated carbocycles. The number of aromatic amines is 2. The molecule has 2 aromatic heterocycles. The molecule has 0 spiro atoms. The van der Waals surface area contributed by atoms with E-state index in [-0.39, 0.29) is 23.1 Å². The average molecular weight is 495 g/mol. The van der Waals surface area contributed by atoms with Gasteiger partial charge in [-0.1, -0.05) is 49.2 Å². The molecule has 37 heavy (non-hydrogen) atoms. The van der Waals surface area contributed by atoms with Crippen LogP contribution in [0.15, 0.2) is 60.9 Å². The highest BCUT2D eigenvalue weighted by atomic mass is 16.2. The van der Waals surface area contributed by atoms with E-state index in [2.05, 4.69) is 70.9 Å². The summed E-state index contributed by atoms with van der Waals surface area (Å²) in [6, 6.07) is 17.4. The van der Waals surface area contributed by atoms with E-state index < -0.39 is 0 Å². The van der Waals surface area contributed by atoms with Crippen LogP contribution in [0.2, 0.25) is 0 Å². The van der Waals surface area contributed by atoms with Gasteiger partial charge in [-0.2, -0.15) is 0 Å². The molecule has 1 aliphatic carbocycles. The molecular formula is C31H34N4O2. The Balaban J connectivity index is 1.19. The Morgan fingerprint density at radius 2 is 1.41 bits per heavy atom. The molecule has 2 amide bonds. The predicted molar refractivity (Wildman–Crippen MR) is 145 cm³/mol. The Bertz CT molecular complexity index is 1390. The lowest BCUT2D eigenvalue weighted by molar-refractivity contribution is -0.137. The van der Waals surface area contributed by atoms with E-state index in [4.69, 9.17) is 0 Å². The summed E-state index contributed by atoms with van der Waals surface area (Å²) in [5, 5.41) is 2.50. The predicted octanol–water partition coefficient (Wildman–Crippen LogP) is 5.35. The maximum absolute atomic E-state index is 13.6. The Morgan fingerprint density at radius 3 is 2.00 bits per heavy atom. The second-order valence-electron chi connectivity index (χ2n) is 11.3. The van der Waals surface area contributed by atoms with Gasteiger partial charge in [0.1, 0.15) is 0 Å². The molecule has 7 rings (SSSR count). The van der Waals surface area contributed by atoms with Crippen LogP contribution in [0.3, 0.4) is 0 Å². The second-order valence-corrected chi connectivity index (χ2v) is 11.3. The van der Waals surface area contributed by atoms with E-state index in [1.54, 1.807) is 0 Å². The SMILES string of the molecule is O=C(C1CC(=O)N(C2CCCC2)C1)N1CCC(c2c[nH]c3ccccc23)(c2c[nH]c3ccccc23)CC1. The summed E-state index contributed by atoms with van der Waals surface area (Å²) in [5.41, 5.74) is 4.71. The molecule has 2 aliphatic heterocycles. The summed E-state index contributed by atoms with van der Waals surface area (Å²) < 4.78 is 0. The van der Waals surface area contributed by atoms with Gasteiger partial charge in [0.15, 0.2) is 0 Å². The molecule has 190 valence electrons. The fraction of sp³-hybridized carbons (Fsp3) is 0.419. The monoisotopic (exact) mass is 494 g/mol. The number of rotatable bonds is 4. The maximum atomic E-state index is 13.6. The standard InChI is InChI=1S/C31H34N4O2/c36-29-17-21(20-35(29)22-7-1-2-8-22)30(37)34-15-13-31(14-16-34,25-18-32-27-11-5-3-9-23(25)27)26-19-33-28-12-6-4-10-24(26)28/h3-6,9-12,18-19,21-22,32-33H,1-2,7-8,13-17,20H2. The zero-order valence-electron chi connectivity index (χ0n) is 21.2. The lowest BCUT2D eigenvalue weighted by Gasteiger charge is -2.43. The minimum absolute atomic E-state index is 0.167. The van der Waals surface area contributed by atoms with Gasteiger partial charge in [0, 0.05) is 71.7 Å². The normalized spacial score (nSPS) is 22.5. The number of likely N-dealkylation sites (tertiary alicyclic amines) is 2. The van der Waals surface area contributed by atoms with Gasteiger partial charge >= 0.3 is 0 Å². The number of hydrogen-bond acceptors (Lipinski definition) is 2. The van der Waals surface area contributed by atoms with Crippen molar-refractivity contribution in [2.75, 3.05) is 19.6 Å². The van der Waals surface area contributed by atoms with Crippen LogP contribution in [0.4, 0.5) is 0 Å². The van der Waals surface area contributed by atoms with E-state index in [0.29, 0.717) is 32.1 Å².